The molecule has 0 spiro atoms. The quantitative estimate of drug-likeness (QED) is 0.732. The topological polar surface area (TPSA) is 41.5 Å². The Kier molecular flexibility index (Phi) is 1.97. The van der Waals surface area contributed by atoms with Gasteiger partial charge in [0.25, 0.3) is 0 Å². The fraction of sp³-hybridized carbons (Fsp3) is 0.500. The van der Waals surface area contributed by atoms with Crippen molar-refractivity contribution in [3.63, 3.8) is 0 Å². The van der Waals surface area contributed by atoms with Crippen molar-refractivity contribution in [2.45, 2.75) is 31.6 Å². The van der Waals surface area contributed by atoms with E-state index in [0.717, 1.165) is 6.42 Å². The van der Waals surface area contributed by atoms with E-state index in [-0.39, 0.29) is 24.9 Å². The summed E-state index contributed by atoms with van der Waals surface area (Å²) in [7, 11) is 0. The van der Waals surface area contributed by atoms with E-state index >= 15 is 0 Å². The summed E-state index contributed by atoms with van der Waals surface area (Å²) in [5.41, 5.74) is 3.66. The molecule has 3 heteroatoms. The summed E-state index contributed by atoms with van der Waals surface area (Å²) in [6.45, 7) is 2.18. The summed E-state index contributed by atoms with van der Waals surface area (Å²) in [6.07, 6.45) is 1.09. The van der Waals surface area contributed by atoms with E-state index in [4.69, 9.17) is 4.74 Å². The number of aliphatic hydroxyl groups excluding tert-OH is 1. The van der Waals surface area contributed by atoms with Gasteiger partial charge < -0.3 is 15.2 Å². The number of benzene rings is 1. The highest BCUT2D eigenvalue weighted by atomic mass is 16.5. The highest BCUT2D eigenvalue weighted by molar-refractivity contribution is 5.57. The van der Waals surface area contributed by atoms with E-state index in [9.17, 15) is 5.11 Å². The first-order valence-electron chi connectivity index (χ1n) is 5.41. The van der Waals surface area contributed by atoms with Crippen LogP contribution in [0.2, 0.25) is 0 Å². The van der Waals surface area contributed by atoms with Gasteiger partial charge in [-0.3, -0.25) is 0 Å². The predicted octanol–water partition coefficient (Wildman–Crippen LogP) is 1.61. The summed E-state index contributed by atoms with van der Waals surface area (Å²) in [5.74, 6) is 0. The van der Waals surface area contributed by atoms with Crippen molar-refractivity contribution in [1.29, 1.82) is 0 Å². The van der Waals surface area contributed by atoms with Crippen LogP contribution in [-0.4, -0.2) is 23.9 Å². The molecule has 0 radical (unpaired) electrons. The Hall–Kier alpha value is -1.06. The van der Waals surface area contributed by atoms with Crippen LogP contribution in [0.5, 0.6) is 0 Å². The summed E-state index contributed by atoms with van der Waals surface area (Å²) in [5, 5.41) is 12.6. The van der Waals surface area contributed by atoms with Crippen LogP contribution in [0.1, 0.15) is 23.7 Å². The Morgan fingerprint density at radius 1 is 1.53 bits per heavy atom. The van der Waals surface area contributed by atoms with Crippen LogP contribution >= 0.6 is 0 Å². The standard InChI is InChI=1S/C12H15NO2/c1-7-2-3-8-9(4-7)13-10-5-11(8)15-12(10)6-14/h2-4,10-14H,5-6H2,1H3/t10-,11-,12+/m1/s1. The fourth-order valence-corrected chi connectivity index (χ4v) is 2.54. The zero-order chi connectivity index (χ0) is 10.4. The maximum absolute atomic E-state index is 9.18. The Morgan fingerprint density at radius 2 is 2.40 bits per heavy atom. The molecule has 2 N–H and O–H groups in total. The van der Waals surface area contributed by atoms with Crippen molar-refractivity contribution in [1.82, 2.24) is 0 Å². The highest BCUT2D eigenvalue weighted by Gasteiger charge is 2.40. The van der Waals surface area contributed by atoms with Crippen LogP contribution < -0.4 is 5.32 Å². The minimum absolute atomic E-state index is 0.0530. The van der Waals surface area contributed by atoms with Gasteiger partial charge in [0.1, 0.15) is 6.10 Å². The number of fused-ring (bicyclic) bond motifs is 4. The zero-order valence-electron chi connectivity index (χ0n) is 8.73. The summed E-state index contributed by atoms with van der Waals surface area (Å²) in [6, 6.07) is 6.65. The van der Waals surface area contributed by atoms with Crippen LogP contribution in [0.3, 0.4) is 0 Å². The molecular formula is C12H15NO2. The molecule has 2 aliphatic heterocycles. The lowest BCUT2D eigenvalue weighted by molar-refractivity contribution is 0.0113. The average Bonchev–Trinajstić information content (AvgIpc) is 2.56. The van der Waals surface area contributed by atoms with Gasteiger partial charge in [-0.05, 0) is 18.6 Å². The van der Waals surface area contributed by atoms with E-state index < -0.39 is 0 Å². The van der Waals surface area contributed by atoms with Gasteiger partial charge in [0.15, 0.2) is 0 Å². The molecule has 0 amide bonds. The van der Waals surface area contributed by atoms with Gasteiger partial charge in [-0.1, -0.05) is 12.1 Å². The fourth-order valence-electron chi connectivity index (χ4n) is 2.54. The van der Waals surface area contributed by atoms with Crippen molar-refractivity contribution in [3.8, 4) is 0 Å². The SMILES string of the molecule is Cc1ccc2c(c1)N[C@@H]1C[C@H]2O[C@H]1CO. The number of hydrogen-bond acceptors (Lipinski definition) is 3. The minimum Gasteiger partial charge on any atom is -0.394 e. The van der Waals surface area contributed by atoms with Crippen molar-refractivity contribution >= 4 is 5.69 Å². The minimum atomic E-state index is -0.0530. The van der Waals surface area contributed by atoms with E-state index in [0.29, 0.717) is 0 Å². The lowest BCUT2D eigenvalue weighted by Crippen LogP contribution is -2.32. The highest BCUT2D eigenvalue weighted by Crippen LogP contribution is 2.42. The molecule has 0 aliphatic carbocycles. The average molecular weight is 205 g/mol. The van der Waals surface area contributed by atoms with E-state index in [1.807, 2.05) is 0 Å². The molecular weight excluding hydrogens is 190 g/mol. The van der Waals surface area contributed by atoms with Crippen molar-refractivity contribution in [2.75, 3.05) is 11.9 Å². The van der Waals surface area contributed by atoms with Crippen LogP contribution in [-0.2, 0) is 4.74 Å². The first kappa shape index (κ1) is 9.19. The molecule has 3 rings (SSSR count). The Morgan fingerprint density at radius 3 is 3.20 bits per heavy atom. The summed E-state index contributed by atoms with van der Waals surface area (Å²) in [4.78, 5) is 0. The van der Waals surface area contributed by atoms with Gasteiger partial charge in [0.05, 0.1) is 18.8 Å². The van der Waals surface area contributed by atoms with Crippen LogP contribution in [0, 0.1) is 6.92 Å². The predicted molar refractivity (Wildman–Crippen MR) is 57.9 cm³/mol. The van der Waals surface area contributed by atoms with Crippen molar-refractivity contribution in [3.05, 3.63) is 29.3 Å². The molecule has 2 aliphatic rings. The van der Waals surface area contributed by atoms with Crippen molar-refractivity contribution < 1.29 is 9.84 Å². The van der Waals surface area contributed by atoms with Gasteiger partial charge in [0.2, 0.25) is 0 Å². The van der Waals surface area contributed by atoms with Crippen molar-refractivity contribution in [2.24, 2.45) is 0 Å². The van der Waals surface area contributed by atoms with Gasteiger partial charge >= 0.3 is 0 Å². The molecule has 1 aromatic carbocycles. The number of aliphatic hydroxyl groups is 1. The second-order valence-electron chi connectivity index (χ2n) is 4.42. The first-order chi connectivity index (χ1) is 7.28. The van der Waals surface area contributed by atoms with Gasteiger partial charge in [-0.25, -0.2) is 0 Å². The Bertz CT molecular complexity index is 391. The smallest absolute Gasteiger partial charge is 0.101 e. The number of rotatable bonds is 1. The lowest BCUT2D eigenvalue weighted by Gasteiger charge is -2.24. The molecule has 1 aromatic rings. The molecule has 0 unspecified atom stereocenters. The third kappa shape index (κ3) is 1.34. The zero-order valence-corrected chi connectivity index (χ0v) is 8.73. The molecule has 2 heterocycles. The molecule has 2 bridgehead atoms. The maximum atomic E-state index is 9.18. The van der Waals surface area contributed by atoms with E-state index in [1.165, 1.54) is 16.8 Å². The maximum Gasteiger partial charge on any atom is 0.101 e. The Labute approximate surface area is 89.1 Å². The molecule has 80 valence electrons. The van der Waals surface area contributed by atoms with E-state index in [1.54, 1.807) is 0 Å². The largest absolute Gasteiger partial charge is 0.394 e. The second-order valence-corrected chi connectivity index (χ2v) is 4.42. The van der Waals surface area contributed by atoms with Crippen LogP contribution in [0.25, 0.3) is 0 Å². The summed E-state index contributed by atoms with van der Waals surface area (Å²) < 4.78 is 5.79. The lowest BCUT2D eigenvalue weighted by atomic mass is 9.95. The molecule has 3 atom stereocenters. The number of anilines is 1. The monoisotopic (exact) mass is 205 g/mol. The normalized spacial score (nSPS) is 32.3. The van der Waals surface area contributed by atoms with Gasteiger partial charge in [0, 0.05) is 17.7 Å². The molecule has 15 heavy (non-hydrogen) atoms. The van der Waals surface area contributed by atoms with E-state index in [2.05, 4.69) is 30.4 Å². The molecule has 1 fully saturated rings. The molecule has 3 nitrogen and oxygen atoms in total. The number of ether oxygens (including phenoxy) is 1. The molecule has 0 saturated carbocycles. The van der Waals surface area contributed by atoms with Crippen LogP contribution in [0.15, 0.2) is 18.2 Å². The van der Waals surface area contributed by atoms with Gasteiger partial charge in [-0.15, -0.1) is 0 Å². The summed E-state index contributed by atoms with van der Waals surface area (Å²) >= 11 is 0. The third-order valence-electron chi connectivity index (χ3n) is 3.33. The first-order valence-corrected chi connectivity index (χ1v) is 5.41. The molecule has 0 aromatic heterocycles. The third-order valence-corrected chi connectivity index (χ3v) is 3.33. The number of hydrogen-bond donors (Lipinski definition) is 2. The van der Waals surface area contributed by atoms with Gasteiger partial charge in [-0.2, -0.15) is 0 Å². The Balaban J connectivity index is 2.00. The number of nitrogens with one attached hydrogen (secondary N) is 1. The number of aryl methyl sites for hydroxylation is 1. The molecule has 1 saturated heterocycles. The second kappa shape index (κ2) is 3.22. The van der Waals surface area contributed by atoms with Crippen LogP contribution in [0.4, 0.5) is 5.69 Å².